The largest absolute Gasteiger partial charge is 0.476 e. The molecular weight excluding hydrogens is 236 g/mol. The molecule has 0 aliphatic carbocycles. The molecule has 0 atom stereocenters. The third kappa shape index (κ3) is 1.79. The molecule has 82 valence electrons. The van der Waals surface area contributed by atoms with Gasteiger partial charge in [0.05, 0.1) is 11.3 Å². The zero-order valence-corrected chi connectivity index (χ0v) is 8.59. The Kier molecular flexibility index (Phi) is 2.66. The van der Waals surface area contributed by atoms with Crippen LogP contribution in [0.3, 0.4) is 0 Å². The maximum Gasteiger partial charge on any atom is 0.365 e. The van der Waals surface area contributed by atoms with Gasteiger partial charge in [0, 0.05) is 5.38 Å². The Morgan fingerprint density at radius 1 is 1.31 bits per heavy atom. The predicted molar refractivity (Wildman–Crippen MR) is 54.4 cm³/mol. The number of aromatic nitrogens is 1. The maximum atomic E-state index is 13.3. The van der Waals surface area contributed by atoms with Crippen molar-refractivity contribution in [2.75, 3.05) is 0 Å². The van der Waals surface area contributed by atoms with Gasteiger partial charge in [0.2, 0.25) is 5.01 Å². The smallest absolute Gasteiger partial charge is 0.365 e. The van der Waals surface area contributed by atoms with E-state index in [-0.39, 0.29) is 16.3 Å². The molecule has 0 amide bonds. The number of hydrogen-bond acceptors (Lipinski definition) is 3. The summed E-state index contributed by atoms with van der Waals surface area (Å²) in [6.45, 7) is 0. The molecule has 0 aliphatic heterocycles. The van der Waals surface area contributed by atoms with E-state index in [0.717, 1.165) is 23.5 Å². The number of benzene rings is 1. The first-order valence-electron chi connectivity index (χ1n) is 4.23. The summed E-state index contributed by atoms with van der Waals surface area (Å²) in [5.41, 5.74) is -0.302. The van der Waals surface area contributed by atoms with Gasteiger partial charge in [0.1, 0.15) is 11.6 Å². The summed E-state index contributed by atoms with van der Waals surface area (Å²) in [5.74, 6) is -2.74. The van der Waals surface area contributed by atoms with Crippen LogP contribution in [0, 0.1) is 11.6 Å². The second-order valence-corrected chi connectivity index (χ2v) is 3.80. The normalized spacial score (nSPS) is 10.4. The van der Waals surface area contributed by atoms with Crippen LogP contribution < -0.4 is 0 Å². The zero-order chi connectivity index (χ0) is 11.7. The lowest BCUT2D eigenvalue weighted by molar-refractivity contribution is 0.0696. The number of rotatable bonds is 2. The van der Waals surface area contributed by atoms with Crippen molar-refractivity contribution >= 4 is 17.3 Å². The minimum Gasteiger partial charge on any atom is -0.476 e. The number of carboxylic acid groups (broad SMARTS) is 1. The van der Waals surface area contributed by atoms with Crippen LogP contribution in [0.25, 0.3) is 11.3 Å². The van der Waals surface area contributed by atoms with Gasteiger partial charge in [-0.3, -0.25) is 0 Å². The van der Waals surface area contributed by atoms with Crippen molar-refractivity contribution in [3.63, 3.8) is 0 Å². The van der Waals surface area contributed by atoms with E-state index in [2.05, 4.69) is 4.98 Å². The lowest BCUT2D eigenvalue weighted by atomic mass is 10.1. The van der Waals surface area contributed by atoms with Gasteiger partial charge >= 0.3 is 5.97 Å². The minimum atomic E-state index is -1.21. The summed E-state index contributed by atoms with van der Waals surface area (Å²) < 4.78 is 26.6. The van der Waals surface area contributed by atoms with Crippen LogP contribution in [0.4, 0.5) is 8.78 Å². The Bertz CT molecular complexity index is 533. The number of halogens is 2. The molecule has 2 rings (SSSR count). The topological polar surface area (TPSA) is 50.2 Å². The van der Waals surface area contributed by atoms with Crippen LogP contribution in [0.2, 0.25) is 0 Å². The average Bonchev–Trinajstić information content (AvgIpc) is 2.66. The van der Waals surface area contributed by atoms with Gasteiger partial charge in [0.15, 0.2) is 0 Å². The van der Waals surface area contributed by atoms with E-state index in [9.17, 15) is 13.6 Å². The van der Waals surface area contributed by atoms with Crippen LogP contribution in [-0.2, 0) is 0 Å². The molecule has 6 heteroatoms. The predicted octanol–water partition coefficient (Wildman–Crippen LogP) is 2.79. The Morgan fingerprint density at radius 3 is 2.44 bits per heavy atom. The first-order chi connectivity index (χ1) is 7.59. The lowest BCUT2D eigenvalue weighted by Gasteiger charge is -1.99. The van der Waals surface area contributed by atoms with Gasteiger partial charge in [-0.05, 0) is 12.1 Å². The second kappa shape index (κ2) is 3.97. The van der Waals surface area contributed by atoms with Crippen molar-refractivity contribution in [3.05, 3.63) is 40.2 Å². The van der Waals surface area contributed by atoms with Crippen LogP contribution in [0.1, 0.15) is 9.80 Å². The van der Waals surface area contributed by atoms with Gasteiger partial charge in [-0.15, -0.1) is 11.3 Å². The summed E-state index contributed by atoms with van der Waals surface area (Å²) in [4.78, 5) is 14.2. The standard InChI is InChI=1S/C10H5F2NO2S/c11-5-2-1-3-6(12)8(5)7-4-16-9(13-7)10(14)15/h1-4H,(H,14,15). The fourth-order valence-corrected chi connectivity index (χ4v) is 1.87. The van der Waals surface area contributed by atoms with Crippen LogP contribution in [0.15, 0.2) is 23.6 Å². The van der Waals surface area contributed by atoms with Crippen molar-refractivity contribution in [2.45, 2.75) is 0 Å². The molecule has 0 saturated heterocycles. The number of carboxylic acids is 1. The van der Waals surface area contributed by atoms with Crippen LogP contribution >= 0.6 is 11.3 Å². The fourth-order valence-electron chi connectivity index (χ4n) is 1.23. The molecule has 1 aromatic heterocycles. The summed E-state index contributed by atoms with van der Waals surface area (Å²) in [5, 5.41) is 9.76. The maximum absolute atomic E-state index is 13.3. The minimum absolute atomic E-state index is 0.00185. The highest BCUT2D eigenvalue weighted by atomic mass is 32.1. The molecule has 0 fully saturated rings. The molecular formula is C10H5F2NO2S. The number of hydrogen-bond donors (Lipinski definition) is 1. The van der Waals surface area contributed by atoms with Crippen molar-refractivity contribution in [2.24, 2.45) is 0 Å². The highest BCUT2D eigenvalue weighted by Gasteiger charge is 2.16. The molecule has 16 heavy (non-hydrogen) atoms. The second-order valence-electron chi connectivity index (χ2n) is 2.94. The van der Waals surface area contributed by atoms with E-state index in [0.29, 0.717) is 0 Å². The summed E-state index contributed by atoms with van der Waals surface area (Å²) in [6, 6.07) is 3.43. The van der Waals surface area contributed by atoms with Gasteiger partial charge in [-0.2, -0.15) is 0 Å². The van der Waals surface area contributed by atoms with E-state index in [4.69, 9.17) is 5.11 Å². The van der Waals surface area contributed by atoms with E-state index < -0.39 is 17.6 Å². The highest BCUT2D eigenvalue weighted by Crippen LogP contribution is 2.27. The Hall–Kier alpha value is -1.82. The van der Waals surface area contributed by atoms with Crippen molar-refractivity contribution in [1.29, 1.82) is 0 Å². The molecule has 0 saturated carbocycles. The van der Waals surface area contributed by atoms with Gasteiger partial charge in [-0.1, -0.05) is 6.07 Å². The molecule has 2 aromatic rings. The molecule has 0 radical (unpaired) electrons. The third-order valence-corrected chi connectivity index (χ3v) is 2.74. The number of thiazole rings is 1. The molecule has 1 heterocycles. The molecule has 0 bridgehead atoms. The Morgan fingerprint density at radius 2 is 1.94 bits per heavy atom. The van der Waals surface area contributed by atoms with Crippen molar-refractivity contribution < 1.29 is 18.7 Å². The van der Waals surface area contributed by atoms with E-state index in [1.165, 1.54) is 11.4 Å². The van der Waals surface area contributed by atoms with E-state index >= 15 is 0 Å². The van der Waals surface area contributed by atoms with Gasteiger partial charge in [0.25, 0.3) is 0 Å². The summed E-state index contributed by atoms with van der Waals surface area (Å²) in [6.07, 6.45) is 0. The molecule has 0 aliphatic rings. The molecule has 0 unspecified atom stereocenters. The number of nitrogens with zero attached hydrogens (tertiary/aromatic N) is 1. The van der Waals surface area contributed by atoms with E-state index in [1.54, 1.807) is 0 Å². The van der Waals surface area contributed by atoms with Crippen LogP contribution in [-0.4, -0.2) is 16.1 Å². The Labute approximate surface area is 93.0 Å². The van der Waals surface area contributed by atoms with Crippen molar-refractivity contribution in [1.82, 2.24) is 4.98 Å². The van der Waals surface area contributed by atoms with Gasteiger partial charge in [-0.25, -0.2) is 18.6 Å². The first kappa shape index (κ1) is 10.7. The van der Waals surface area contributed by atoms with Crippen LogP contribution in [0.5, 0.6) is 0 Å². The molecule has 3 nitrogen and oxygen atoms in total. The fraction of sp³-hybridized carbons (Fsp3) is 0. The highest BCUT2D eigenvalue weighted by molar-refractivity contribution is 7.11. The SMILES string of the molecule is O=C(O)c1nc(-c2c(F)cccc2F)cs1. The molecule has 1 aromatic carbocycles. The Balaban J connectivity index is 2.54. The summed E-state index contributed by atoms with van der Waals surface area (Å²) >= 11 is 0.826. The summed E-state index contributed by atoms with van der Waals surface area (Å²) in [7, 11) is 0. The zero-order valence-electron chi connectivity index (χ0n) is 7.78. The van der Waals surface area contributed by atoms with E-state index in [1.807, 2.05) is 0 Å². The average molecular weight is 241 g/mol. The monoisotopic (exact) mass is 241 g/mol. The third-order valence-electron chi connectivity index (χ3n) is 1.91. The van der Waals surface area contributed by atoms with Crippen molar-refractivity contribution in [3.8, 4) is 11.3 Å². The first-order valence-corrected chi connectivity index (χ1v) is 5.11. The molecule has 0 spiro atoms. The van der Waals surface area contributed by atoms with Gasteiger partial charge < -0.3 is 5.11 Å². The number of carbonyl (C=O) groups is 1. The lowest BCUT2D eigenvalue weighted by Crippen LogP contribution is -1.95. The molecule has 1 N–H and O–H groups in total. The quantitative estimate of drug-likeness (QED) is 0.879. The number of aromatic carboxylic acids is 1.